The molecule has 11 nitrogen and oxygen atoms in total. The van der Waals surface area contributed by atoms with Crippen LogP contribution in [0.25, 0.3) is 11.2 Å². The highest BCUT2D eigenvalue weighted by Crippen LogP contribution is 2.35. The van der Waals surface area contributed by atoms with Gasteiger partial charge in [0.05, 0.1) is 24.1 Å². The summed E-state index contributed by atoms with van der Waals surface area (Å²) in [5.41, 5.74) is 9.70. The van der Waals surface area contributed by atoms with Gasteiger partial charge in [-0.2, -0.15) is 9.97 Å². The van der Waals surface area contributed by atoms with E-state index in [-0.39, 0.29) is 24.9 Å². The van der Waals surface area contributed by atoms with Crippen molar-refractivity contribution >= 4 is 29.1 Å². The van der Waals surface area contributed by atoms with Crippen molar-refractivity contribution in [2.45, 2.75) is 52.0 Å². The second-order valence-corrected chi connectivity index (χ2v) is 9.70. The number of fused-ring (bicyclic) bond motifs is 1. The number of hydrogen-bond donors (Lipinski definition) is 1. The quantitative estimate of drug-likeness (QED) is 0.304. The van der Waals surface area contributed by atoms with Crippen LogP contribution in [0.4, 0.5) is 5.95 Å². The zero-order chi connectivity index (χ0) is 28.2. The zero-order valence-corrected chi connectivity index (χ0v) is 22.6. The van der Waals surface area contributed by atoms with E-state index in [0.29, 0.717) is 28.9 Å². The van der Waals surface area contributed by atoms with Gasteiger partial charge in [0.1, 0.15) is 25.0 Å². The number of nitrogen functional groups attached to an aromatic ring is 1. The lowest BCUT2D eigenvalue weighted by molar-refractivity contribution is -0.0563. The van der Waals surface area contributed by atoms with Crippen LogP contribution in [0.3, 0.4) is 0 Å². The van der Waals surface area contributed by atoms with Crippen LogP contribution >= 0.6 is 0 Å². The number of rotatable bonds is 9. The molecule has 11 heteroatoms. The first-order chi connectivity index (χ1) is 19.3. The smallest absolute Gasteiger partial charge is 0.338 e. The van der Waals surface area contributed by atoms with Crippen LogP contribution < -0.4 is 10.5 Å². The number of imidazole rings is 1. The monoisotopic (exact) mass is 545 g/mol. The first kappa shape index (κ1) is 27.1. The fourth-order valence-corrected chi connectivity index (χ4v) is 4.39. The molecule has 1 aliphatic heterocycles. The minimum Gasteiger partial charge on any atom is -0.476 e. The van der Waals surface area contributed by atoms with Crippen LogP contribution in [-0.2, 0) is 14.2 Å². The summed E-state index contributed by atoms with van der Waals surface area (Å²) in [6.07, 6.45) is 0.539. The lowest BCUT2D eigenvalue weighted by Gasteiger charge is -2.19. The van der Waals surface area contributed by atoms with Gasteiger partial charge in [-0.15, -0.1) is 0 Å². The van der Waals surface area contributed by atoms with Crippen molar-refractivity contribution in [3.63, 3.8) is 0 Å². The summed E-state index contributed by atoms with van der Waals surface area (Å²) in [6, 6.07) is 14.2. The van der Waals surface area contributed by atoms with Gasteiger partial charge in [0.2, 0.25) is 11.8 Å². The molecular weight excluding hydrogens is 514 g/mol. The van der Waals surface area contributed by atoms with Gasteiger partial charge in [-0.05, 0) is 44.5 Å². The first-order valence-corrected chi connectivity index (χ1v) is 13.1. The fourth-order valence-electron chi connectivity index (χ4n) is 4.39. The Morgan fingerprint density at radius 2 is 1.65 bits per heavy atom. The zero-order valence-electron chi connectivity index (χ0n) is 22.6. The number of nitrogens with two attached hydrogens (primary N) is 1. The highest BCUT2D eigenvalue weighted by Gasteiger charge is 2.41. The van der Waals surface area contributed by atoms with E-state index in [1.165, 1.54) is 0 Å². The van der Waals surface area contributed by atoms with Gasteiger partial charge in [0, 0.05) is 6.42 Å². The molecule has 40 heavy (non-hydrogen) atoms. The molecular formula is C29H31N5O6. The Labute approximate surface area is 231 Å². The predicted octanol–water partition coefficient (Wildman–Crippen LogP) is 4.18. The number of nitrogens with zero attached hydrogens (tertiary/aromatic N) is 4. The van der Waals surface area contributed by atoms with Crippen molar-refractivity contribution in [3.05, 3.63) is 77.1 Å². The van der Waals surface area contributed by atoms with Gasteiger partial charge >= 0.3 is 11.9 Å². The summed E-state index contributed by atoms with van der Waals surface area (Å²) in [5, 5.41) is 0. The second kappa shape index (κ2) is 11.7. The van der Waals surface area contributed by atoms with Crippen LogP contribution in [0.2, 0.25) is 0 Å². The predicted molar refractivity (Wildman–Crippen MR) is 146 cm³/mol. The van der Waals surface area contributed by atoms with E-state index in [1.54, 1.807) is 35.2 Å². The Morgan fingerprint density at radius 3 is 2.30 bits per heavy atom. The van der Waals surface area contributed by atoms with E-state index in [2.05, 4.69) is 15.0 Å². The normalized spacial score (nSPS) is 18.5. The van der Waals surface area contributed by atoms with Gasteiger partial charge in [-0.1, -0.05) is 42.3 Å². The van der Waals surface area contributed by atoms with Crippen LogP contribution in [0.5, 0.6) is 5.88 Å². The molecule has 1 fully saturated rings. The Hall–Kier alpha value is -4.51. The van der Waals surface area contributed by atoms with Gasteiger partial charge in [0.25, 0.3) is 0 Å². The summed E-state index contributed by atoms with van der Waals surface area (Å²) in [6.45, 7) is 6.18. The van der Waals surface area contributed by atoms with E-state index >= 15 is 0 Å². The summed E-state index contributed by atoms with van der Waals surface area (Å²) >= 11 is 0. The molecule has 2 aromatic heterocycles. The lowest BCUT2D eigenvalue weighted by Crippen LogP contribution is -2.32. The molecule has 4 aromatic rings. The SMILES string of the molecule is CCCOc1nc(N)nc2c1ncn2[C@H]1C[C@H](OC(=O)c2ccc(C)cc2)[C@@H](COC(=O)c2ccc(C)cc2)O1. The van der Waals surface area contributed by atoms with Crippen molar-refractivity contribution in [1.82, 2.24) is 19.5 Å². The number of aryl methyl sites for hydroxylation is 2. The summed E-state index contributed by atoms with van der Waals surface area (Å²) in [5.74, 6) is -0.681. The molecule has 1 saturated heterocycles. The molecule has 3 atom stereocenters. The number of hydrogen-bond acceptors (Lipinski definition) is 10. The maximum absolute atomic E-state index is 13.0. The molecule has 0 aliphatic carbocycles. The molecule has 1 aliphatic rings. The number of benzene rings is 2. The number of ether oxygens (including phenoxy) is 4. The van der Waals surface area contributed by atoms with Crippen LogP contribution in [0, 0.1) is 13.8 Å². The standard InChI is InChI=1S/C29H31N5O6/c1-4-13-37-26-24-25(32-29(30)33-26)34(16-31-24)23-14-21(40-28(36)20-11-7-18(3)8-12-20)22(39-23)15-38-27(35)19-9-5-17(2)6-10-19/h5-12,16,21-23H,4,13-15H2,1-3H3,(H2,30,32,33)/t21-,22+,23+/m0/s1. The van der Waals surface area contributed by atoms with Gasteiger partial charge < -0.3 is 24.7 Å². The lowest BCUT2D eigenvalue weighted by atomic mass is 10.1. The number of aromatic nitrogens is 4. The number of carbonyl (C=O) groups excluding carboxylic acids is 2. The van der Waals surface area contributed by atoms with E-state index in [1.807, 2.05) is 45.0 Å². The summed E-state index contributed by atoms with van der Waals surface area (Å²) < 4.78 is 25.1. The maximum atomic E-state index is 13.0. The van der Waals surface area contributed by atoms with E-state index in [9.17, 15) is 9.59 Å². The van der Waals surface area contributed by atoms with Crippen LogP contribution in [0.1, 0.15) is 57.8 Å². The van der Waals surface area contributed by atoms with Gasteiger partial charge in [-0.25, -0.2) is 14.6 Å². The molecule has 208 valence electrons. The third kappa shape index (κ3) is 5.89. The third-order valence-corrected chi connectivity index (χ3v) is 6.55. The largest absolute Gasteiger partial charge is 0.476 e. The van der Waals surface area contributed by atoms with E-state index < -0.39 is 30.4 Å². The minimum atomic E-state index is -0.735. The van der Waals surface area contributed by atoms with Gasteiger partial charge in [-0.3, -0.25) is 4.57 Å². The molecule has 0 bridgehead atoms. The number of carbonyl (C=O) groups is 2. The Bertz CT molecular complexity index is 1500. The number of anilines is 1. The molecule has 3 heterocycles. The van der Waals surface area contributed by atoms with Crippen LogP contribution in [-0.4, -0.2) is 56.9 Å². The minimum absolute atomic E-state index is 0.0317. The second-order valence-electron chi connectivity index (χ2n) is 9.70. The van der Waals surface area contributed by atoms with Crippen molar-refractivity contribution in [2.75, 3.05) is 18.9 Å². The summed E-state index contributed by atoms with van der Waals surface area (Å²) in [4.78, 5) is 38.6. The number of esters is 2. The van der Waals surface area contributed by atoms with Crippen molar-refractivity contribution < 1.29 is 28.5 Å². The first-order valence-electron chi connectivity index (χ1n) is 13.1. The van der Waals surface area contributed by atoms with Crippen molar-refractivity contribution in [2.24, 2.45) is 0 Å². The molecule has 0 unspecified atom stereocenters. The molecule has 5 rings (SSSR count). The van der Waals surface area contributed by atoms with Crippen molar-refractivity contribution in [1.29, 1.82) is 0 Å². The van der Waals surface area contributed by atoms with Crippen molar-refractivity contribution in [3.8, 4) is 5.88 Å². The third-order valence-electron chi connectivity index (χ3n) is 6.55. The molecule has 0 amide bonds. The Kier molecular flexibility index (Phi) is 7.92. The van der Waals surface area contributed by atoms with E-state index in [0.717, 1.165) is 17.5 Å². The summed E-state index contributed by atoms with van der Waals surface area (Å²) in [7, 11) is 0. The van der Waals surface area contributed by atoms with Crippen LogP contribution in [0.15, 0.2) is 54.9 Å². The topological polar surface area (TPSA) is 141 Å². The maximum Gasteiger partial charge on any atom is 0.338 e. The highest BCUT2D eigenvalue weighted by molar-refractivity contribution is 5.90. The molecule has 0 radical (unpaired) electrons. The average Bonchev–Trinajstić information content (AvgIpc) is 3.54. The van der Waals surface area contributed by atoms with Gasteiger partial charge in [0.15, 0.2) is 11.2 Å². The molecule has 2 N–H and O–H groups in total. The fraction of sp³-hybridized carbons (Fsp3) is 0.345. The molecule has 2 aromatic carbocycles. The molecule has 0 spiro atoms. The van der Waals surface area contributed by atoms with E-state index in [4.69, 9.17) is 24.7 Å². The molecule has 0 saturated carbocycles. The Morgan fingerprint density at radius 1 is 1.00 bits per heavy atom. The highest BCUT2D eigenvalue weighted by atomic mass is 16.6. The average molecular weight is 546 g/mol. The Balaban J connectivity index is 1.38.